The lowest BCUT2D eigenvalue weighted by Gasteiger charge is -2.24. The van der Waals surface area contributed by atoms with Crippen LogP contribution in [-0.2, 0) is 6.42 Å². The van der Waals surface area contributed by atoms with Crippen molar-refractivity contribution in [3.63, 3.8) is 0 Å². The number of anilines is 1. The van der Waals surface area contributed by atoms with Crippen LogP contribution in [0, 0.1) is 0 Å². The van der Waals surface area contributed by atoms with E-state index < -0.39 is 0 Å². The molecule has 0 saturated carbocycles. The smallest absolute Gasteiger partial charge is 0.0410 e. The summed E-state index contributed by atoms with van der Waals surface area (Å²) < 4.78 is 0. The van der Waals surface area contributed by atoms with E-state index in [9.17, 15) is 0 Å². The molecule has 0 fully saturated rings. The Kier molecular flexibility index (Phi) is 7.25. The van der Waals surface area contributed by atoms with Crippen molar-refractivity contribution in [2.75, 3.05) is 18.5 Å². The van der Waals surface area contributed by atoms with Gasteiger partial charge < -0.3 is 10.6 Å². The van der Waals surface area contributed by atoms with E-state index in [2.05, 4.69) is 37.9 Å². The number of nitrogens with zero attached hydrogens (tertiary/aromatic N) is 1. The van der Waals surface area contributed by atoms with Gasteiger partial charge in [0.25, 0.3) is 0 Å². The summed E-state index contributed by atoms with van der Waals surface area (Å²) in [4.78, 5) is 2.32. The van der Waals surface area contributed by atoms with E-state index in [1.165, 1.54) is 30.5 Å². The summed E-state index contributed by atoms with van der Waals surface area (Å²) >= 11 is 6.12. The lowest BCUT2D eigenvalue weighted by Crippen LogP contribution is -2.25. The highest BCUT2D eigenvalue weighted by atomic mass is 35.5. The first-order chi connectivity index (χ1) is 9.08. The lowest BCUT2D eigenvalue weighted by molar-refractivity contribution is 0.643. The summed E-state index contributed by atoms with van der Waals surface area (Å²) in [6.45, 7) is 5.44. The van der Waals surface area contributed by atoms with Crippen molar-refractivity contribution in [3.05, 3.63) is 28.8 Å². The Morgan fingerprint density at radius 2 is 2.00 bits per heavy atom. The standard InChI is InChI=1S/C16H27ClN2/c1-4-6-7-10-19(3)16-9-8-14(17)11-13(16)12-15(18)5-2/h8-9,11,15H,4-7,10,12,18H2,1-3H3. The Morgan fingerprint density at radius 3 is 2.63 bits per heavy atom. The Bertz CT molecular complexity index is 379. The van der Waals surface area contributed by atoms with Gasteiger partial charge in [0.2, 0.25) is 0 Å². The third-order valence-corrected chi connectivity index (χ3v) is 3.79. The minimum absolute atomic E-state index is 0.209. The monoisotopic (exact) mass is 282 g/mol. The normalized spacial score (nSPS) is 12.5. The molecule has 0 radical (unpaired) electrons. The van der Waals surface area contributed by atoms with Crippen LogP contribution in [0.1, 0.15) is 45.1 Å². The van der Waals surface area contributed by atoms with Gasteiger partial charge in [0.05, 0.1) is 0 Å². The van der Waals surface area contributed by atoms with Crippen LogP contribution in [0.2, 0.25) is 5.02 Å². The van der Waals surface area contributed by atoms with Gasteiger partial charge in [0.15, 0.2) is 0 Å². The molecule has 0 aliphatic heterocycles. The highest BCUT2D eigenvalue weighted by Gasteiger charge is 2.11. The molecule has 0 aliphatic rings. The molecule has 0 bridgehead atoms. The van der Waals surface area contributed by atoms with Gasteiger partial charge in [-0.2, -0.15) is 0 Å². The third kappa shape index (κ3) is 5.42. The van der Waals surface area contributed by atoms with Gasteiger partial charge in [0, 0.05) is 30.3 Å². The zero-order chi connectivity index (χ0) is 14.3. The largest absolute Gasteiger partial charge is 0.374 e. The molecule has 0 aromatic heterocycles. The van der Waals surface area contributed by atoms with Crippen molar-refractivity contribution in [2.45, 2.75) is 52.0 Å². The fraction of sp³-hybridized carbons (Fsp3) is 0.625. The first kappa shape index (κ1) is 16.3. The second-order valence-electron chi connectivity index (χ2n) is 5.27. The maximum Gasteiger partial charge on any atom is 0.0410 e. The first-order valence-corrected chi connectivity index (χ1v) is 7.71. The molecule has 2 N–H and O–H groups in total. The van der Waals surface area contributed by atoms with Crippen LogP contribution in [0.3, 0.4) is 0 Å². The molecule has 3 heteroatoms. The molecule has 1 atom stereocenters. The summed E-state index contributed by atoms with van der Waals surface area (Å²) in [5, 5.41) is 0.795. The van der Waals surface area contributed by atoms with Crippen LogP contribution < -0.4 is 10.6 Å². The van der Waals surface area contributed by atoms with E-state index in [4.69, 9.17) is 17.3 Å². The average Bonchev–Trinajstić information content (AvgIpc) is 2.38. The van der Waals surface area contributed by atoms with Gasteiger partial charge >= 0.3 is 0 Å². The molecule has 0 aliphatic carbocycles. The molecule has 0 saturated heterocycles. The molecule has 0 heterocycles. The maximum atomic E-state index is 6.12. The fourth-order valence-corrected chi connectivity index (χ4v) is 2.43. The minimum Gasteiger partial charge on any atom is -0.374 e. The third-order valence-electron chi connectivity index (χ3n) is 3.56. The number of nitrogens with two attached hydrogens (primary N) is 1. The van der Waals surface area contributed by atoms with Gasteiger partial charge in [0.1, 0.15) is 0 Å². The van der Waals surface area contributed by atoms with Crippen molar-refractivity contribution in [1.29, 1.82) is 0 Å². The molecular formula is C16H27ClN2. The topological polar surface area (TPSA) is 29.3 Å². The predicted molar refractivity (Wildman–Crippen MR) is 86.2 cm³/mol. The molecule has 1 aromatic carbocycles. The van der Waals surface area contributed by atoms with E-state index in [1.807, 2.05) is 6.07 Å². The number of benzene rings is 1. The van der Waals surface area contributed by atoms with Gasteiger partial charge in [-0.3, -0.25) is 0 Å². The minimum atomic E-state index is 0.209. The van der Waals surface area contributed by atoms with Gasteiger partial charge in [-0.15, -0.1) is 0 Å². The van der Waals surface area contributed by atoms with Crippen LogP contribution in [0.5, 0.6) is 0 Å². The molecule has 108 valence electrons. The number of rotatable bonds is 8. The lowest BCUT2D eigenvalue weighted by atomic mass is 10.0. The van der Waals surface area contributed by atoms with Crippen LogP contribution in [0.25, 0.3) is 0 Å². The molecule has 1 aromatic rings. The zero-order valence-electron chi connectivity index (χ0n) is 12.5. The first-order valence-electron chi connectivity index (χ1n) is 7.33. The molecule has 2 nitrogen and oxygen atoms in total. The van der Waals surface area contributed by atoms with E-state index >= 15 is 0 Å². The van der Waals surface area contributed by atoms with Crippen LogP contribution in [0.15, 0.2) is 18.2 Å². The fourth-order valence-electron chi connectivity index (χ4n) is 2.24. The molecular weight excluding hydrogens is 256 g/mol. The van der Waals surface area contributed by atoms with E-state index in [-0.39, 0.29) is 6.04 Å². The van der Waals surface area contributed by atoms with E-state index in [0.29, 0.717) is 0 Å². The van der Waals surface area contributed by atoms with Crippen molar-refractivity contribution in [2.24, 2.45) is 5.73 Å². The maximum absolute atomic E-state index is 6.12. The van der Waals surface area contributed by atoms with Gasteiger partial charge in [-0.25, -0.2) is 0 Å². The number of halogens is 1. The van der Waals surface area contributed by atoms with Crippen LogP contribution >= 0.6 is 11.6 Å². The molecule has 1 unspecified atom stereocenters. The summed E-state index contributed by atoms with van der Waals surface area (Å²) in [6.07, 6.45) is 5.65. The molecule has 0 spiro atoms. The SMILES string of the molecule is CCCCCN(C)c1ccc(Cl)cc1CC(N)CC. The summed E-state index contributed by atoms with van der Waals surface area (Å²) in [6, 6.07) is 6.35. The second-order valence-corrected chi connectivity index (χ2v) is 5.71. The quantitative estimate of drug-likeness (QED) is 0.723. The second kappa shape index (κ2) is 8.44. The van der Waals surface area contributed by atoms with Crippen molar-refractivity contribution < 1.29 is 0 Å². The molecule has 19 heavy (non-hydrogen) atoms. The van der Waals surface area contributed by atoms with Crippen molar-refractivity contribution in [1.82, 2.24) is 0 Å². The highest BCUT2D eigenvalue weighted by molar-refractivity contribution is 6.30. The number of hydrogen-bond donors (Lipinski definition) is 1. The molecule has 0 amide bonds. The summed E-state index contributed by atoms with van der Waals surface area (Å²) in [5.74, 6) is 0. The summed E-state index contributed by atoms with van der Waals surface area (Å²) in [5.41, 5.74) is 8.62. The average molecular weight is 283 g/mol. The Labute approximate surface area is 122 Å². The van der Waals surface area contributed by atoms with E-state index in [0.717, 1.165) is 24.4 Å². The van der Waals surface area contributed by atoms with Crippen molar-refractivity contribution in [3.8, 4) is 0 Å². The number of hydrogen-bond acceptors (Lipinski definition) is 2. The highest BCUT2D eigenvalue weighted by Crippen LogP contribution is 2.25. The van der Waals surface area contributed by atoms with Gasteiger partial charge in [-0.1, -0.05) is 38.3 Å². The van der Waals surface area contributed by atoms with E-state index in [1.54, 1.807) is 0 Å². The number of unbranched alkanes of at least 4 members (excludes halogenated alkanes) is 2. The predicted octanol–water partition coefficient (Wildman–Crippen LogP) is 4.25. The Morgan fingerprint density at radius 1 is 1.26 bits per heavy atom. The molecule has 1 rings (SSSR count). The summed E-state index contributed by atoms with van der Waals surface area (Å²) in [7, 11) is 2.15. The van der Waals surface area contributed by atoms with Gasteiger partial charge in [-0.05, 0) is 43.0 Å². The zero-order valence-corrected chi connectivity index (χ0v) is 13.2. The van der Waals surface area contributed by atoms with Crippen LogP contribution in [0.4, 0.5) is 5.69 Å². The van der Waals surface area contributed by atoms with Crippen LogP contribution in [-0.4, -0.2) is 19.6 Å². The Balaban J connectivity index is 2.80. The van der Waals surface area contributed by atoms with Crippen molar-refractivity contribution >= 4 is 17.3 Å². The Hall–Kier alpha value is -0.730.